The van der Waals surface area contributed by atoms with Gasteiger partial charge in [-0.15, -0.1) is 0 Å². The van der Waals surface area contributed by atoms with Crippen LogP contribution in [0, 0.1) is 46.3 Å². The molecule has 3 saturated carbocycles. The summed E-state index contributed by atoms with van der Waals surface area (Å²) in [4.78, 5) is 0. The molecule has 4 fully saturated rings. The number of hydrogen-bond donors (Lipinski definition) is 0. The van der Waals surface area contributed by atoms with Gasteiger partial charge >= 0.3 is 0 Å². The highest BCUT2D eigenvalue weighted by Crippen LogP contribution is 2.67. The Kier molecular flexibility index (Phi) is 11.8. The van der Waals surface area contributed by atoms with E-state index < -0.39 is 0 Å². The summed E-state index contributed by atoms with van der Waals surface area (Å²) in [5.41, 5.74) is 4.89. The fourth-order valence-electron chi connectivity index (χ4n) is 12.0. The van der Waals surface area contributed by atoms with Crippen molar-refractivity contribution in [2.45, 2.75) is 163 Å². The maximum absolute atomic E-state index is 6.90. The number of allylic oxidation sites excluding steroid dienone is 1. The lowest BCUT2D eigenvalue weighted by molar-refractivity contribution is -0.278. The number of benzene rings is 2. The van der Waals surface area contributed by atoms with Gasteiger partial charge in [0.25, 0.3) is 0 Å². The lowest BCUT2D eigenvalue weighted by Crippen LogP contribution is -2.52. The van der Waals surface area contributed by atoms with E-state index in [-0.39, 0.29) is 30.7 Å². The Morgan fingerprint density at radius 3 is 2.22 bits per heavy atom. The minimum Gasteiger partial charge on any atom is -0.371 e. The van der Waals surface area contributed by atoms with Crippen LogP contribution in [0.15, 0.2) is 72.3 Å². The molecule has 7 rings (SSSR count). The summed E-state index contributed by atoms with van der Waals surface area (Å²) in [5, 5.41) is 0. The summed E-state index contributed by atoms with van der Waals surface area (Å²) in [5.74, 6) is 5.21. The summed E-state index contributed by atoms with van der Waals surface area (Å²) in [6, 6.07) is 20.9. The molecule has 1 saturated heterocycles. The van der Waals surface area contributed by atoms with E-state index in [0.717, 1.165) is 48.3 Å². The minimum atomic E-state index is -0.281. The Hall–Kier alpha value is -1.98. The van der Waals surface area contributed by atoms with E-state index in [0.29, 0.717) is 30.5 Å². The zero-order valence-corrected chi connectivity index (χ0v) is 32.7. The van der Waals surface area contributed by atoms with Crippen LogP contribution in [0.1, 0.15) is 130 Å². The second kappa shape index (κ2) is 16.2. The molecular weight excluding hydrogens is 629 g/mol. The summed E-state index contributed by atoms with van der Waals surface area (Å²) >= 11 is 0. The lowest BCUT2D eigenvalue weighted by Gasteiger charge is -2.58. The molecule has 4 nitrogen and oxygen atoms in total. The smallest absolute Gasteiger partial charge is 0.161 e. The first-order chi connectivity index (χ1) is 24.6. The molecule has 5 aliphatic rings. The Labute approximate surface area is 310 Å². The Morgan fingerprint density at radius 2 is 1.51 bits per heavy atom. The quantitative estimate of drug-likeness (QED) is 0.195. The third-order valence-electron chi connectivity index (χ3n) is 14.8. The zero-order valence-electron chi connectivity index (χ0n) is 32.7. The molecule has 0 unspecified atom stereocenters. The fourth-order valence-corrected chi connectivity index (χ4v) is 12.0. The first kappa shape index (κ1) is 37.3. The van der Waals surface area contributed by atoms with Gasteiger partial charge in [-0.3, -0.25) is 0 Å². The van der Waals surface area contributed by atoms with E-state index in [1.165, 1.54) is 68.9 Å². The Morgan fingerprint density at radius 1 is 0.804 bits per heavy atom. The van der Waals surface area contributed by atoms with Gasteiger partial charge in [-0.25, -0.2) is 0 Å². The van der Waals surface area contributed by atoms with E-state index >= 15 is 0 Å². The van der Waals surface area contributed by atoms with Crippen LogP contribution in [0.5, 0.6) is 0 Å². The maximum atomic E-state index is 6.90. The summed E-state index contributed by atoms with van der Waals surface area (Å²) < 4.78 is 26.6. The maximum Gasteiger partial charge on any atom is 0.161 e. The normalized spacial score (nSPS) is 38.4. The van der Waals surface area contributed by atoms with Crippen molar-refractivity contribution in [3.8, 4) is 0 Å². The fraction of sp³-hybridized carbons (Fsp3) is 0.702. The molecule has 2 aromatic rings. The molecule has 2 aromatic carbocycles. The van der Waals surface area contributed by atoms with Gasteiger partial charge in [0.2, 0.25) is 0 Å². The molecule has 0 bridgehead atoms. The van der Waals surface area contributed by atoms with Gasteiger partial charge in [-0.1, -0.05) is 126 Å². The van der Waals surface area contributed by atoms with Crippen molar-refractivity contribution in [1.29, 1.82) is 0 Å². The summed E-state index contributed by atoms with van der Waals surface area (Å²) in [6.07, 6.45) is 17.6. The van der Waals surface area contributed by atoms with E-state index in [4.69, 9.17) is 18.9 Å². The van der Waals surface area contributed by atoms with Crippen molar-refractivity contribution < 1.29 is 18.9 Å². The van der Waals surface area contributed by atoms with Gasteiger partial charge in [-0.05, 0) is 116 Å². The van der Waals surface area contributed by atoms with Crippen LogP contribution < -0.4 is 0 Å². The molecule has 0 spiro atoms. The highest BCUT2D eigenvalue weighted by Gasteiger charge is 2.59. The van der Waals surface area contributed by atoms with E-state index in [2.05, 4.69) is 102 Å². The van der Waals surface area contributed by atoms with Gasteiger partial charge in [0.1, 0.15) is 6.10 Å². The first-order valence-corrected chi connectivity index (χ1v) is 21.0. The predicted molar refractivity (Wildman–Crippen MR) is 207 cm³/mol. The molecular formula is C47H68O4. The number of ether oxygens (including phenoxy) is 4. The molecule has 4 aliphatic carbocycles. The van der Waals surface area contributed by atoms with Gasteiger partial charge in [0.15, 0.2) is 6.29 Å². The van der Waals surface area contributed by atoms with Crippen LogP contribution in [-0.4, -0.2) is 30.7 Å². The van der Waals surface area contributed by atoms with Crippen molar-refractivity contribution in [1.82, 2.24) is 0 Å². The molecule has 1 heterocycles. The largest absolute Gasteiger partial charge is 0.371 e. The first-order valence-electron chi connectivity index (χ1n) is 21.0. The monoisotopic (exact) mass is 697 g/mol. The van der Waals surface area contributed by atoms with E-state index in [1.54, 1.807) is 5.57 Å². The molecule has 280 valence electrons. The number of fused-ring (bicyclic) bond motifs is 5. The van der Waals surface area contributed by atoms with Crippen molar-refractivity contribution in [3.05, 3.63) is 83.4 Å². The molecule has 0 N–H and O–H groups in total. The summed E-state index contributed by atoms with van der Waals surface area (Å²) in [7, 11) is 0. The van der Waals surface area contributed by atoms with Crippen molar-refractivity contribution in [2.24, 2.45) is 46.3 Å². The molecule has 0 radical (unpaired) electrons. The number of hydrogen-bond acceptors (Lipinski definition) is 4. The predicted octanol–water partition coefficient (Wildman–Crippen LogP) is 11.7. The third kappa shape index (κ3) is 8.10. The summed E-state index contributed by atoms with van der Waals surface area (Å²) in [6.45, 7) is 15.9. The van der Waals surface area contributed by atoms with Crippen LogP contribution in [0.25, 0.3) is 0 Å². The third-order valence-corrected chi connectivity index (χ3v) is 14.8. The highest BCUT2D eigenvalue weighted by atomic mass is 16.7. The highest BCUT2D eigenvalue weighted by molar-refractivity contribution is 5.25. The Balaban J connectivity index is 0.981. The van der Waals surface area contributed by atoms with Crippen molar-refractivity contribution >= 4 is 0 Å². The van der Waals surface area contributed by atoms with Crippen LogP contribution in [0.4, 0.5) is 0 Å². The molecule has 0 amide bonds. The van der Waals surface area contributed by atoms with Crippen LogP contribution >= 0.6 is 0 Å². The topological polar surface area (TPSA) is 36.9 Å². The standard InChI is InChI=1S/C47H68O4/c1-32(2)14-13-15-33(3)40-22-23-41-39-21-20-37-28-38(24-26-46(37,5)42(39)25-27-47(40,41)6)51-44-29-43(48-30-35-16-9-7-10-17-35)45(34(4)50-44)49-31-36-18-11-8-12-19-36/h7-12,16-20,32-34,38-45H,13-15,21-31H2,1-6H3/t33-,34+,38+,39+,40-,41+,42+,43+,44+,45-,46+,47-/m1/s1. The van der Waals surface area contributed by atoms with Crippen LogP contribution in [-0.2, 0) is 32.2 Å². The second-order valence-corrected chi connectivity index (χ2v) is 18.4. The van der Waals surface area contributed by atoms with E-state index in [1.807, 2.05) is 6.07 Å². The van der Waals surface area contributed by atoms with E-state index in [9.17, 15) is 0 Å². The van der Waals surface area contributed by atoms with Gasteiger partial charge in [-0.2, -0.15) is 0 Å². The number of rotatable bonds is 13. The van der Waals surface area contributed by atoms with Gasteiger partial charge in [0, 0.05) is 6.42 Å². The van der Waals surface area contributed by atoms with Crippen molar-refractivity contribution in [3.63, 3.8) is 0 Å². The molecule has 12 atom stereocenters. The second-order valence-electron chi connectivity index (χ2n) is 18.4. The van der Waals surface area contributed by atoms with Gasteiger partial charge in [0.05, 0.1) is 31.5 Å². The Bertz CT molecular complexity index is 1420. The molecule has 4 heteroatoms. The van der Waals surface area contributed by atoms with Crippen LogP contribution in [0.3, 0.4) is 0 Å². The molecule has 1 aliphatic heterocycles. The lowest BCUT2D eigenvalue weighted by atomic mass is 9.47. The van der Waals surface area contributed by atoms with Crippen molar-refractivity contribution in [2.75, 3.05) is 0 Å². The molecule has 0 aromatic heterocycles. The average Bonchev–Trinajstić information content (AvgIpc) is 3.48. The average molecular weight is 697 g/mol. The SMILES string of the molecule is CC(C)CCC[C@@H](C)[C@H]1CC[C@H]2[C@@H]3CC=C4C[C@@H](O[C@H]5C[C@H](OCc6ccccc6)[C@H](OCc6ccccc6)[C@H](C)O5)CC[C@]4(C)[C@H]3CC[C@]12C. The minimum absolute atomic E-state index is 0.101. The van der Waals surface area contributed by atoms with Gasteiger partial charge < -0.3 is 18.9 Å². The zero-order chi connectivity index (χ0) is 35.6. The van der Waals surface area contributed by atoms with Crippen LogP contribution in [0.2, 0.25) is 0 Å². The molecule has 51 heavy (non-hydrogen) atoms.